The van der Waals surface area contributed by atoms with Crippen LogP contribution in [-0.4, -0.2) is 47.0 Å². The van der Waals surface area contributed by atoms with Gasteiger partial charge < -0.3 is 14.8 Å². The Bertz CT molecular complexity index is 1270. The van der Waals surface area contributed by atoms with Gasteiger partial charge in [-0.2, -0.15) is 0 Å². The van der Waals surface area contributed by atoms with Gasteiger partial charge in [-0.1, -0.05) is 66.2 Å². The Morgan fingerprint density at radius 3 is 1.97 bits per heavy atom. The van der Waals surface area contributed by atoms with E-state index in [4.69, 9.17) is 4.74 Å². The molecule has 196 valence electrons. The predicted molar refractivity (Wildman–Crippen MR) is 143 cm³/mol. The van der Waals surface area contributed by atoms with Crippen molar-refractivity contribution < 1.29 is 27.5 Å². The molecule has 0 atom stereocenters. The number of esters is 1. The molecule has 1 amide bonds. The molecule has 0 spiro atoms. The Labute approximate surface area is 218 Å². The lowest BCUT2D eigenvalue weighted by Gasteiger charge is -2.14. The summed E-state index contributed by atoms with van der Waals surface area (Å²) in [4.78, 5) is 23.4. The van der Waals surface area contributed by atoms with E-state index in [2.05, 4.69) is 34.3 Å². The van der Waals surface area contributed by atoms with Crippen molar-refractivity contribution in [2.24, 2.45) is 0 Å². The summed E-state index contributed by atoms with van der Waals surface area (Å²) < 4.78 is 31.9. The number of alkyl carbamates (subject to hydrolysis) is 1. The van der Waals surface area contributed by atoms with Crippen LogP contribution in [0.2, 0.25) is 0 Å². The first-order valence-corrected chi connectivity index (χ1v) is 14.0. The van der Waals surface area contributed by atoms with Crippen molar-refractivity contribution in [1.29, 1.82) is 0 Å². The number of hydrogen-bond acceptors (Lipinski definition) is 6. The molecule has 1 N–H and O–H groups in total. The summed E-state index contributed by atoms with van der Waals surface area (Å²) in [6.07, 6.45) is 2.53. The maximum Gasteiger partial charge on any atom is 0.407 e. The van der Waals surface area contributed by atoms with Gasteiger partial charge in [-0.15, -0.1) is 0 Å². The van der Waals surface area contributed by atoms with Crippen molar-refractivity contribution in [3.63, 3.8) is 0 Å². The Morgan fingerprint density at radius 1 is 0.865 bits per heavy atom. The van der Waals surface area contributed by atoms with Crippen LogP contribution in [0.5, 0.6) is 0 Å². The molecular formula is C29H33NO6S. The Morgan fingerprint density at radius 2 is 1.43 bits per heavy atom. The number of unbranched alkanes of at least 4 members (excludes halogenated alkanes) is 1. The summed E-state index contributed by atoms with van der Waals surface area (Å²) in [6.45, 7) is 2.71. The number of sulfone groups is 1. The van der Waals surface area contributed by atoms with Crippen LogP contribution in [0.25, 0.3) is 11.1 Å². The predicted octanol–water partition coefficient (Wildman–Crippen LogP) is 5.27. The second-order valence-corrected chi connectivity index (χ2v) is 10.9. The van der Waals surface area contributed by atoms with Crippen molar-refractivity contribution in [2.75, 3.05) is 26.5 Å². The molecule has 37 heavy (non-hydrogen) atoms. The molecule has 0 fully saturated rings. The molecule has 3 aromatic rings. The van der Waals surface area contributed by atoms with Crippen molar-refractivity contribution in [1.82, 2.24) is 5.32 Å². The lowest BCUT2D eigenvalue weighted by molar-refractivity contribution is -0.140. The third-order valence-electron chi connectivity index (χ3n) is 6.10. The first-order chi connectivity index (χ1) is 17.7. The van der Waals surface area contributed by atoms with Crippen LogP contribution in [0.15, 0.2) is 77.7 Å². The first kappa shape index (κ1) is 27.9. The number of amides is 1. The zero-order chi connectivity index (χ0) is 26.8. The van der Waals surface area contributed by atoms with E-state index in [1.165, 1.54) is 35.6 Å². The minimum atomic E-state index is -3.02. The molecular weight excluding hydrogens is 490 g/mol. The van der Waals surface area contributed by atoms with E-state index in [9.17, 15) is 18.0 Å². The SMILES string of the molecule is COC(=O)CCCCNC(=O)OCC1c2ccccc2-c2ccccc21.Cc1ccc(S(C)(=O)=O)cc1. The fourth-order valence-corrected chi connectivity index (χ4v) is 4.75. The average molecular weight is 524 g/mol. The summed E-state index contributed by atoms with van der Waals surface area (Å²) in [5.41, 5.74) is 5.87. The van der Waals surface area contributed by atoms with Crippen LogP contribution in [0.4, 0.5) is 4.79 Å². The van der Waals surface area contributed by atoms with Crippen LogP contribution in [-0.2, 0) is 24.1 Å². The minimum Gasteiger partial charge on any atom is -0.469 e. The van der Waals surface area contributed by atoms with E-state index in [1.54, 1.807) is 24.3 Å². The van der Waals surface area contributed by atoms with Gasteiger partial charge in [0, 0.05) is 25.1 Å². The van der Waals surface area contributed by atoms with Crippen molar-refractivity contribution >= 4 is 21.9 Å². The molecule has 0 aliphatic heterocycles. The van der Waals surface area contributed by atoms with Crippen LogP contribution in [0.1, 0.15) is 41.9 Å². The Kier molecular flexibility index (Phi) is 9.85. The normalized spacial score (nSPS) is 12.0. The molecule has 0 saturated heterocycles. The number of aryl methyl sites for hydroxylation is 1. The molecule has 0 saturated carbocycles. The van der Waals surface area contributed by atoms with Crippen LogP contribution < -0.4 is 5.32 Å². The highest BCUT2D eigenvalue weighted by atomic mass is 32.2. The molecule has 7 nitrogen and oxygen atoms in total. The topological polar surface area (TPSA) is 98.8 Å². The van der Waals surface area contributed by atoms with E-state index < -0.39 is 15.9 Å². The van der Waals surface area contributed by atoms with Gasteiger partial charge in [0.1, 0.15) is 6.61 Å². The summed E-state index contributed by atoms with van der Waals surface area (Å²) in [5.74, 6) is -0.168. The van der Waals surface area contributed by atoms with Gasteiger partial charge in [0.2, 0.25) is 0 Å². The largest absolute Gasteiger partial charge is 0.469 e. The van der Waals surface area contributed by atoms with E-state index in [1.807, 2.05) is 31.2 Å². The quantitative estimate of drug-likeness (QED) is 0.319. The lowest BCUT2D eigenvalue weighted by atomic mass is 9.98. The molecule has 8 heteroatoms. The molecule has 0 bridgehead atoms. The Hall–Kier alpha value is -3.65. The van der Waals surface area contributed by atoms with Crippen molar-refractivity contribution in [3.05, 3.63) is 89.5 Å². The monoisotopic (exact) mass is 523 g/mol. The van der Waals surface area contributed by atoms with Crippen molar-refractivity contribution in [2.45, 2.75) is 37.0 Å². The third kappa shape index (κ3) is 7.92. The van der Waals surface area contributed by atoms with Gasteiger partial charge >= 0.3 is 12.1 Å². The molecule has 0 unspecified atom stereocenters. The number of carbonyl (C=O) groups excluding carboxylic acids is 2. The van der Waals surface area contributed by atoms with Gasteiger partial charge in [-0.3, -0.25) is 4.79 Å². The molecule has 3 aromatic carbocycles. The van der Waals surface area contributed by atoms with E-state index in [0.29, 0.717) is 37.3 Å². The van der Waals surface area contributed by atoms with Crippen LogP contribution in [0.3, 0.4) is 0 Å². The van der Waals surface area contributed by atoms with Gasteiger partial charge in [0.05, 0.1) is 12.0 Å². The van der Waals surface area contributed by atoms with E-state index in [-0.39, 0.29) is 11.9 Å². The highest BCUT2D eigenvalue weighted by molar-refractivity contribution is 7.90. The maximum absolute atomic E-state index is 12.0. The molecule has 1 aliphatic rings. The highest BCUT2D eigenvalue weighted by Crippen LogP contribution is 2.44. The third-order valence-corrected chi connectivity index (χ3v) is 7.23. The zero-order valence-electron chi connectivity index (χ0n) is 21.4. The first-order valence-electron chi connectivity index (χ1n) is 12.1. The minimum absolute atomic E-state index is 0.0625. The summed E-state index contributed by atoms with van der Waals surface area (Å²) in [6, 6.07) is 23.3. The number of rotatable bonds is 8. The van der Waals surface area contributed by atoms with E-state index >= 15 is 0 Å². The van der Waals surface area contributed by atoms with Gasteiger partial charge in [0.15, 0.2) is 9.84 Å². The zero-order valence-corrected chi connectivity index (χ0v) is 22.2. The second kappa shape index (κ2) is 13.1. The fraction of sp³-hybridized carbons (Fsp3) is 0.310. The van der Waals surface area contributed by atoms with Crippen LogP contribution >= 0.6 is 0 Å². The van der Waals surface area contributed by atoms with Crippen LogP contribution in [0, 0.1) is 6.92 Å². The average Bonchev–Trinajstić information content (AvgIpc) is 3.21. The highest BCUT2D eigenvalue weighted by Gasteiger charge is 2.28. The summed E-state index contributed by atoms with van der Waals surface area (Å²) in [7, 11) is -1.65. The van der Waals surface area contributed by atoms with Gasteiger partial charge in [0.25, 0.3) is 0 Å². The second-order valence-electron chi connectivity index (χ2n) is 8.87. The molecule has 0 heterocycles. The number of fused-ring (bicyclic) bond motifs is 3. The van der Waals surface area contributed by atoms with Crippen molar-refractivity contribution in [3.8, 4) is 11.1 Å². The molecule has 4 rings (SSSR count). The Balaban J connectivity index is 0.000000289. The number of hydrogen-bond donors (Lipinski definition) is 1. The summed E-state index contributed by atoms with van der Waals surface area (Å²) >= 11 is 0. The van der Waals surface area contributed by atoms with Gasteiger partial charge in [-0.05, 0) is 54.2 Å². The number of methoxy groups -OCH3 is 1. The number of ether oxygens (including phenoxy) is 2. The molecule has 0 aromatic heterocycles. The van der Waals surface area contributed by atoms with E-state index in [0.717, 1.165) is 5.56 Å². The lowest BCUT2D eigenvalue weighted by Crippen LogP contribution is -2.27. The molecule has 1 aliphatic carbocycles. The fourth-order valence-electron chi connectivity index (χ4n) is 4.12. The number of benzene rings is 3. The number of carbonyl (C=O) groups is 2. The number of nitrogens with one attached hydrogen (secondary N) is 1. The standard InChI is InChI=1S/C21H23NO4.C8H10O2S/c1-25-20(23)12-6-7-13-22-21(24)26-14-19-17-10-4-2-8-15(17)16-9-3-5-11-18(16)19;1-7-3-5-8(6-4-7)11(2,9)10/h2-5,8-11,19H,6-7,12-14H2,1H3,(H,22,24);3-6H,1-2H3. The smallest absolute Gasteiger partial charge is 0.407 e. The maximum atomic E-state index is 12.0. The molecule has 0 radical (unpaired) electrons. The summed E-state index contributed by atoms with van der Waals surface area (Å²) in [5, 5.41) is 2.73. The van der Waals surface area contributed by atoms with Gasteiger partial charge in [-0.25, -0.2) is 13.2 Å².